The molecular formula is ArKrNeXe. The third kappa shape index (κ3) is 9.52. The van der Waals surface area contributed by atoms with Gasteiger partial charge < -0.3 is 0 Å². The Labute approximate surface area is 134 Å². The zero-order valence-electron chi connectivity index (χ0n) is 1.41. The molecule has 0 amide bonds. The predicted molar refractivity (Wildman–Crippen MR) is 0 cm³/mol. The quantitative estimate of drug-likeness (QED) is 0.584. The van der Waals surface area contributed by atoms with Crippen molar-refractivity contribution in [2.24, 2.45) is 0 Å². The van der Waals surface area contributed by atoms with Gasteiger partial charge in [0.15, 0.2) is 0 Å². The molecular weight excluding hydrogens is 275 g/mol. The molecule has 0 saturated carbocycles. The Hall–Kier alpha value is 4.22. The van der Waals surface area contributed by atoms with E-state index in [1.54, 1.807) is 0 Å². The molecule has 0 bridgehead atoms. The Bertz CT molecular complexity index is 8.00. The van der Waals surface area contributed by atoms with Crippen molar-refractivity contribution in [2.75, 3.05) is 0 Å². The maximum atomic E-state index is 0. The maximum Gasteiger partial charge on any atom is 0 e. The average molecular weight is 275 g/mol. The second-order valence-electron chi connectivity index (χ2n) is 0. The van der Waals surface area contributed by atoms with E-state index in [4.69, 9.17) is 0 Å². The molecule has 0 heterocycles. The van der Waals surface area contributed by atoms with Crippen LogP contribution in [0.4, 0.5) is 0 Å². The Morgan fingerprint density at radius 1 is 1.00 bits per heavy atom. The maximum absolute atomic E-state index is 0. The molecule has 32 valence electrons. The van der Waals surface area contributed by atoms with E-state index >= 15 is 0 Å². The minimum Gasteiger partial charge on any atom is 0 e. The Morgan fingerprint density at radius 2 is 1.00 bits per heavy atom. The molecule has 0 aromatic carbocycles. The topological polar surface area (TPSA) is 0 Å². The van der Waals surface area contributed by atoms with Crippen LogP contribution in [0.3, 0.4) is 0 Å². The van der Waals surface area contributed by atoms with Gasteiger partial charge in [-0.05, 0) is 0 Å². The van der Waals surface area contributed by atoms with Crippen LogP contribution in [-0.4, -0.2) is 0 Å². The van der Waals surface area contributed by atoms with Gasteiger partial charge >= 0.3 is 0 Å². The molecule has 0 aliphatic carbocycles. The van der Waals surface area contributed by atoms with Crippen LogP contribution in [0.15, 0.2) is 0 Å². The largest absolute Gasteiger partial charge is 0 e. The third-order valence-electron chi connectivity index (χ3n) is 0. The van der Waals surface area contributed by atoms with Crippen molar-refractivity contribution < 1.29 is 138 Å². The number of rotatable bonds is 0. The van der Waals surface area contributed by atoms with Crippen molar-refractivity contribution in [3.05, 3.63) is 0 Å². The van der Waals surface area contributed by atoms with Crippen molar-refractivity contribution in [3.8, 4) is 0 Å². The van der Waals surface area contributed by atoms with Crippen molar-refractivity contribution >= 4 is 0 Å². The van der Waals surface area contributed by atoms with Gasteiger partial charge in [-0.3, -0.25) is 0 Å². The summed E-state index contributed by atoms with van der Waals surface area (Å²) in [6.45, 7) is 0. The first-order chi connectivity index (χ1) is 0. The molecule has 0 nitrogen and oxygen atoms in total. The van der Waals surface area contributed by atoms with E-state index in [1.807, 2.05) is 0 Å². The zero-order chi connectivity index (χ0) is 0. The molecule has 0 atom stereocenters. The summed E-state index contributed by atoms with van der Waals surface area (Å²) in [6.07, 6.45) is 0. The van der Waals surface area contributed by atoms with E-state index in [2.05, 4.69) is 0 Å². The average Bonchev–Trinajstić information content (AvgIpc) is 0. The standard InChI is InChI=1S/Ar.Kr.Ne.Xe. The van der Waals surface area contributed by atoms with E-state index < -0.39 is 0 Å². The summed E-state index contributed by atoms with van der Waals surface area (Å²) in [5, 5.41) is 0. The van der Waals surface area contributed by atoms with E-state index in [0.29, 0.717) is 0 Å². The van der Waals surface area contributed by atoms with E-state index in [1.165, 1.54) is 0 Å². The molecule has 0 radical (unpaired) electrons. The van der Waals surface area contributed by atoms with Crippen LogP contribution in [0, 0.1) is 138 Å². The molecule has 0 unspecified atom stereocenters. The molecule has 0 aliphatic rings. The Balaban J connectivity index is 0. The van der Waals surface area contributed by atoms with Crippen LogP contribution in [0.5, 0.6) is 0 Å². The first-order valence-corrected chi connectivity index (χ1v) is 0. The molecule has 0 spiro atoms. The summed E-state index contributed by atoms with van der Waals surface area (Å²) in [7, 11) is 0. The molecule has 4 heavy (non-hydrogen) atoms. The van der Waals surface area contributed by atoms with Gasteiger partial charge in [0.2, 0.25) is 0 Å². The van der Waals surface area contributed by atoms with Crippen LogP contribution in [0.1, 0.15) is 0 Å². The van der Waals surface area contributed by atoms with Gasteiger partial charge in [-0.2, -0.15) is 0 Å². The van der Waals surface area contributed by atoms with E-state index in [0.717, 1.165) is 0 Å². The van der Waals surface area contributed by atoms with Crippen molar-refractivity contribution in [1.29, 1.82) is 0 Å². The summed E-state index contributed by atoms with van der Waals surface area (Å²) in [5.74, 6) is 0. The minimum absolute atomic E-state index is 0. The van der Waals surface area contributed by atoms with Gasteiger partial charge in [0.1, 0.15) is 0 Å². The first-order valence-electron chi connectivity index (χ1n) is 0. The van der Waals surface area contributed by atoms with Crippen LogP contribution < -0.4 is 0 Å². The van der Waals surface area contributed by atoms with Gasteiger partial charge in [0.05, 0.1) is 0 Å². The van der Waals surface area contributed by atoms with Gasteiger partial charge in [0.25, 0.3) is 0 Å². The van der Waals surface area contributed by atoms with Gasteiger partial charge in [-0.25, -0.2) is 0 Å². The van der Waals surface area contributed by atoms with Crippen LogP contribution in [0.25, 0.3) is 0 Å². The first kappa shape index (κ1) is 24.1. The minimum atomic E-state index is 0. The normalized spacial score (nSPS) is 0. The molecule has 0 aromatic rings. The predicted octanol–water partition coefficient (Wildman–Crippen LogP) is 0. The fraction of sp³-hybridized carbons (Fsp3) is 0. The summed E-state index contributed by atoms with van der Waals surface area (Å²) in [6, 6.07) is 0. The van der Waals surface area contributed by atoms with Crippen molar-refractivity contribution in [3.63, 3.8) is 0 Å². The summed E-state index contributed by atoms with van der Waals surface area (Å²) >= 11 is 0. The fourth-order valence-corrected chi connectivity index (χ4v) is 0. The molecule has 0 fully saturated rings. The van der Waals surface area contributed by atoms with Crippen molar-refractivity contribution in [1.82, 2.24) is 0 Å². The summed E-state index contributed by atoms with van der Waals surface area (Å²) in [5.41, 5.74) is 0. The molecule has 0 saturated heterocycles. The molecule has 0 N–H and O–H groups in total. The summed E-state index contributed by atoms with van der Waals surface area (Å²) in [4.78, 5) is 0. The number of hydrogen-bond acceptors (Lipinski definition) is 0. The molecule has 4 heteroatoms. The van der Waals surface area contributed by atoms with Crippen LogP contribution >= 0.6 is 0 Å². The van der Waals surface area contributed by atoms with E-state index in [-0.39, 0.29) is 138 Å². The van der Waals surface area contributed by atoms with Gasteiger partial charge in [0, 0.05) is 138 Å². The second-order valence-corrected chi connectivity index (χ2v) is 0. The van der Waals surface area contributed by atoms with Crippen LogP contribution in [0.2, 0.25) is 0 Å². The van der Waals surface area contributed by atoms with Crippen LogP contribution in [-0.2, 0) is 0 Å². The third-order valence-corrected chi connectivity index (χ3v) is 0. The monoisotopic (exact) mass is 276 g/mol. The Kier molecular flexibility index (Phi) is 94.3. The van der Waals surface area contributed by atoms with E-state index in [9.17, 15) is 0 Å². The molecule has 0 aliphatic heterocycles. The van der Waals surface area contributed by atoms with Gasteiger partial charge in [-0.15, -0.1) is 0 Å². The zero-order valence-corrected chi connectivity index (χ0v) is 5.62. The SMILES string of the molecule is [Ar].[Kr].[Ne].[Xe]. The number of hydrogen-bond donors (Lipinski definition) is 0. The fourth-order valence-electron chi connectivity index (χ4n) is 0. The second kappa shape index (κ2) is 15.7. The molecule has 0 aromatic heterocycles. The molecule has 0 rings (SSSR count). The van der Waals surface area contributed by atoms with Gasteiger partial charge in [-0.1, -0.05) is 0 Å². The smallest absolute Gasteiger partial charge is 0 e. The van der Waals surface area contributed by atoms with Crippen molar-refractivity contribution in [2.45, 2.75) is 0 Å². The summed E-state index contributed by atoms with van der Waals surface area (Å²) < 4.78 is 0. The Morgan fingerprint density at radius 3 is 1.00 bits per heavy atom.